The van der Waals surface area contributed by atoms with E-state index in [9.17, 15) is 4.79 Å². The minimum absolute atomic E-state index is 0.0596. The third-order valence-electron chi connectivity index (χ3n) is 1.70. The molecule has 4 heteroatoms. The van der Waals surface area contributed by atoms with E-state index >= 15 is 0 Å². The number of amides is 1. The molecular formula is C11H9BrINO. The molecule has 0 unspecified atom stereocenters. The van der Waals surface area contributed by atoms with Crippen molar-refractivity contribution >= 4 is 50.1 Å². The normalized spacial score (nSPS) is 9.40. The van der Waals surface area contributed by atoms with Crippen molar-refractivity contribution in [2.45, 2.75) is 12.8 Å². The summed E-state index contributed by atoms with van der Waals surface area (Å²) >= 11 is 5.56. The van der Waals surface area contributed by atoms with Crippen molar-refractivity contribution in [1.29, 1.82) is 0 Å². The maximum absolute atomic E-state index is 11.4. The smallest absolute Gasteiger partial charge is 0.225 e. The molecule has 0 aliphatic rings. The maximum Gasteiger partial charge on any atom is 0.225 e. The van der Waals surface area contributed by atoms with Crippen molar-refractivity contribution in [1.82, 2.24) is 0 Å². The largest absolute Gasteiger partial charge is 0.325 e. The van der Waals surface area contributed by atoms with Crippen LogP contribution < -0.4 is 5.32 Å². The van der Waals surface area contributed by atoms with Gasteiger partial charge >= 0.3 is 0 Å². The zero-order valence-corrected chi connectivity index (χ0v) is 11.6. The Balaban J connectivity index is 2.68. The van der Waals surface area contributed by atoms with Gasteiger partial charge in [0.05, 0.1) is 5.69 Å². The summed E-state index contributed by atoms with van der Waals surface area (Å²) < 4.78 is 1.94. The van der Waals surface area contributed by atoms with Crippen LogP contribution in [0.4, 0.5) is 5.69 Å². The molecule has 0 spiro atoms. The number of benzene rings is 1. The van der Waals surface area contributed by atoms with Crippen molar-refractivity contribution in [3.8, 4) is 12.3 Å². The monoisotopic (exact) mass is 377 g/mol. The zero-order chi connectivity index (χ0) is 11.3. The Bertz CT molecular complexity index is 412. The fourth-order valence-corrected chi connectivity index (χ4v) is 1.83. The van der Waals surface area contributed by atoms with Gasteiger partial charge in [-0.1, -0.05) is 0 Å². The minimum atomic E-state index is -0.0596. The van der Waals surface area contributed by atoms with E-state index < -0.39 is 0 Å². The number of anilines is 1. The molecule has 2 nitrogen and oxygen atoms in total. The van der Waals surface area contributed by atoms with Crippen molar-refractivity contribution in [2.24, 2.45) is 0 Å². The highest BCUT2D eigenvalue weighted by molar-refractivity contribution is 14.1. The van der Waals surface area contributed by atoms with Gasteiger partial charge in [0.1, 0.15) is 0 Å². The predicted molar refractivity (Wildman–Crippen MR) is 73.6 cm³/mol. The van der Waals surface area contributed by atoms with Crippen LogP contribution in [0.15, 0.2) is 22.7 Å². The van der Waals surface area contributed by atoms with Crippen molar-refractivity contribution in [3.63, 3.8) is 0 Å². The summed E-state index contributed by atoms with van der Waals surface area (Å²) in [6.07, 6.45) is 5.90. The Morgan fingerprint density at radius 2 is 2.33 bits per heavy atom. The van der Waals surface area contributed by atoms with Crippen LogP contribution in [-0.4, -0.2) is 5.91 Å². The number of hydrogen-bond acceptors (Lipinski definition) is 1. The highest BCUT2D eigenvalue weighted by atomic mass is 127. The number of carbonyl (C=O) groups excluding carboxylic acids is 1. The number of halogens is 2. The first kappa shape index (κ1) is 12.5. The van der Waals surface area contributed by atoms with Crippen LogP contribution in [0.2, 0.25) is 0 Å². The number of terminal acetylenes is 1. The lowest BCUT2D eigenvalue weighted by atomic mass is 10.3. The summed E-state index contributed by atoms with van der Waals surface area (Å²) in [6, 6.07) is 5.76. The average molecular weight is 378 g/mol. The highest BCUT2D eigenvalue weighted by Gasteiger charge is 2.05. The van der Waals surface area contributed by atoms with Gasteiger partial charge in [0.15, 0.2) is 0 Å². The summed E-state index contributed by atoms with van der Waals surface area (Å²) in [5.41, 5.74) is 0.781. The van der Waals surface area contributed by atoms with Crippen LogP contribution in [0.5, 0.6) is 0 Å². The predicted octanol–water partition coefficient (Wildman–Crippen LogP) is 3.41. The van der Waals surface area contributed by atoms with Gasteiger partial charge in [-0.05, 0) is 56.7 Å². The van der Waals surface area contributed by atoms with E-state index in [0.29, 0.717) is 12.8 Å². The van der Waals surface area contributed by atoms with Crippen molar-refractivity contribution < 1.29 is 4.79 Å². The van der Waals surface area contributed by atoms with Crippen LogP contribution >= 0.6 is 38.5 Å². The molecule has 78 valence electrons. The summed E-state index contributed by atoms with van der Waals surface area (Å²) in [4.78, 5) is 11.4. The second kappa shape index (κ2) is 6.13. The Labute approximate surface area is 111 Å². The second-order valence-electron chi connectivity index (χ2n) is 2.88. The van der Waals surface area contributed by atoms with Crippen LogP contribution in [0.1, 0.15) is 12.8 Å². The van der Waals surface area contributed by atoms with E-state index in [1.165, 1.54) is 0 Å². The van der Waals surface area contributed by atoms with E-state index in [4.69, 9.17) is 6.42 Å². The highest BCUT2D eigenvalue weighted by Crippen LogP contribution is 2.24. The number of nitrogens with one attached hydrogen (secondary N) is 1. The first-order chi connectivity index (χ1) is 7.13. The molecule has 0 radical (unpaired) electrons. The third kappa shape index (κ3) is 4.22. The number of carbonyl (C=O) groups is 1. The van der Waals surface area contributed by atoms with Gasteiger partial charge in [-0.15, -0.1) is 12.3 Å². The number of hydrogen-bond donors (Lipinski definition) is 1. The lowest BCUT2D eigenvalue weighted by Crippen LogP contribution is -2.11. The molecule has 0 atom stereocenters. The molecule has 1 aromatic carbocycles. The zero-order valence-electron chi connectivity index (χ0n) is 7.89. The van der Waals surface area contributed by atoms with Crippen LogP contribution in [0, 0.1) is 15.9 Å². The summed E-state index contributed by atoms with van der Waals surface area (Å²) in [5, 5.41) is 2.80. The first-order valence-corrected chi connectivity index (χ1v) is 6.19. The van der Waals surface area contributed by atoms with Crippen LogP contribution in [0.25, 0.3) is 0 Å². The molecule has 0 heterocycles. The maximum atomic E-state index is 11.4. The number of rotatable bonds is 3. The minimum Gasteiger partial charge on any atom is -0.325 e. The Hall–Kier alpha value is -0.540. The molecule has 0 bridgehead atoms. The molecule has 0 fully saturated rings. The molecule has 1 N–H and O–H groups in total. The fraction of sp³-hybridized carbons (Fsp3) is 0.182. The van der Waals surface area contributed by atoms with Crippen LogP contribution in [0.3, 0.4) is 0 Å². The fourth-order valence-electron chi connectivity index (χ4n) is 0.992. The van der Waals surface area contributed by atoms with Gasteiger partial charge in [-0.3, -0.25) is 4.79 Å². The lowest BCUT2D eigenvalue weighted by Gasteiger charge is -2.06. The molecule has 0 aliphatic carbocycles. The van der Waals surface area contributed by atoms with Gasteiger partial charge in [0.25, 0.3) is 0 Å². The molecule has 1 aromatic rings. The quantitative estimate of drug-likeness (QED) is 0.634. The molecule has 0 aromatic heterocycles. The molecule has 15 heavy (non-hydrogen) atoms. The second-order valence-corrected chi connectivity index (χ2v) is 4.98. The van der Waals surface area contributed by atoms with Crippen LogP contribution in [-0.2, 0) is 4.79 Å². The molecule has 1 rings (SSSR count). The first-order valence-electron chi connectivity index (χ1n) is 4.32. The molecule has 0 saturated heterocycles. The van der Waals surface area contributed by atoms with E-state index in [-0.39, 0.29) is 5.91 Å². The third-order valence-corrected chi connectivity index (χ3v) is 3.06. The van der Waals surface area contributed by atoms with Gasteiger partial charge in [0, 0.05) is 20.9 Å². The summed E-state index contributed by atoms with van der Waals surface area (Å²) in [7, 11) is 0. The Morgan fingerprint density at radius 1 is 1.60 bits per heavy atom. The summed E-state index contributed by atoms with van der Waals surface area (Å²) in [6.45, 7) is 0. The van der Waals surface area contributed by atoms with Gasteiger partial charge in [0.2, 0.25) is 5.91 Å². The van der Waals surface area contributed by atoms with Crippen molar-refractivity contribution in [3.05, 3.63) is 26.2 Å². The molecule has 0 aliphatic heterocycles. The van der Waals surface area contributed by atoms with Gasteiger partial charge in [-0.2, -0.15) is 0 Å². The van der Waals surface area contributed by atoms with E-state index in [2.05, 4.69) is 49.8 Å². The Morgan fingerprint density at radius 3 is 3.00 bits per heavy atom. The lowest BCUT2D eigenvalue weighted by molar-refractivity contribution is -0.116. The van der Waals surface area contributed by atoms with E-state index in [1.807, 2.05) is 18.2 Å². The molecule has 0 saturated carbocycles. The summed E-state index contributed by atoms with van der Waals surface area (Å²) in [5.74, 6) is 2.38. The SMILES string of the molecule is C#CCCC(=O)Nc1cc(I)ccc1Br. The van der Waals surface area contributed by atoms with Crippen molar-refractivity contribution in [2.75, 3.05) is 5.32 Å². The van der Waals surface area contributed by atoms with E-state index in [0.717, 1.165) is 13.7 Å². The Kier molecular flexibility index (Phi) is 5.12. The molecule has 1 amide bonds. The van der Waals surface area contributed by atoms with Gasteiger partial charge in [-0.25, -0.2) is 0 Å². The topological polar surface area (TPSA) is 29.1 Å². The van der Waals surface area contributed by atoms with E-state index in [1.54, 1.807) is 0 Å². The average Bonchev–Trinajstić information content (AvgIpc) is 2.20. The molecular weight excluding hydrogens is 369 g/mol. The standard InChI is InChI=1S/C11H9BrINO/c1-2-3-4-11(15)14-10-7-8(13)5-6-9(10)12/h1,5-7H,3-4H2,(H,14,15). The van der Waals surface area contributed by atoms with Gasteiger partial charge < -0.3 is 5.32 Å².